The number of hydrogen-bond acceptors (Lipinski definition) is 1. The molecule has 0 fully saturated rings. The Balaban J connectivity index is 3.21. The second kappa shape index (κ2) is 3.65. The molecule has 3 heteroatoms. The Morgan fingerprint density at radius 2 is 1.86 bits per heavy atom. The van der Waals surface area contributed by atoms with Crippen molar-refractivity contribution in [2.24, 2.45) is 0 Å². The van der Waals surface area contributed by atoms with Crippen LogP contribution in [0, 0.1) is 13.8 Å². The maximum Gasteiger partial charge on any atom is 0.316 e. The molecule has 1 rings (SSSR count). The van der Waals surface area contributed by atoms with Gasteiger partial charge in [-0.2, -0.15) is 0 Å². The zero-order valence-electron chi connectivity index (χ0n) is 9.02. The molecule has 0 amide bonds. The molecular weight excluding hydrogens is 195 g/mol. The van der Waals surface area contributed by atoms with Gasteiger partial charge in [-0.15, -0.1) is 0 Å². The van der Waals surface area contributed by atoms with Crippen molar-refractivity contribution >= 4 is 13.8 Å². The first-order valence-corrected chi connectivity index (χ1v) is 7.52. The Morgan fingerprint density at radius 1 is 1.29 bits per heavy atom. The lowest BCUT2D eigenvalue weighted by Gasteiger charge is -2.12. The van der Waals surface area contributed by atoms with Crippen LogP contribution in [0.4, 0.5) is 4.11 Å². The lowest BCUT2D eigenvalue weighted by Crippen LogP contribution is -2.32. The van der Waals surface area contributed by atoms with E-state index in [-0.39, 0.29) is 5.41 Å². The molecule has 1 aromatic carbocycles. The summed E-state index contributed by atoms with van der Waals surface area (Å²) in [4.78, 5) is 11.7. The van der Waals surface area contributed by atoms with Crippen molar-refractivity contribution in [2.75, 3.05) is 0 Å². The van der Waals surface area contributed by atoms with Crippen molar-refractivity contribution < 1.29 is 8.90 Å². The minimum atomic E-state index is -3.19. The molecule has 0 aliphatic heterocycles. The van der Waals surface area contributed by atoms with Gasteiger partial charge in [0.1, 0.15) is 0 Å². The van der Waals surface area contributed by atoms with Crippen molar-refractivity contribution in [3.05, 3.63) is 34.9 Å². The van der Waals surface area contributed by atoms with E-state index in [1.807, 2.05) is 19.9 Å². The summed E-state index contributed by atoms with van der Waals surface area (Å²) in [5.74, 6) is 0. The predicted molar refractivity (Wildman–Crippen MR) is 58.8 cm³/mol. The van der Waals surface area contributed by atoms with Crippen LogP contribution in [0.3, 0.4) is 0 Å². The third-order valence-electron chi connectivity index (χ3n) is 2.39. The van der Waals surface area contributed by atoms with Gasteiger partial charge in [-0.05, 0) is 38.1 Å². The summed E-state index contributed by atoms with van der Waals surface area (Å²) in [6, 6.07) is 5.44. The summed E-state index contributed by atoms with van der Waals surface area (Å²) < 4.78 is 13.6. The molecule has 0 N–H and O–H groups in total. The summed E-state index contributed by atoms with van der Waals surface area (Å²) in [5.41, 5.74) is 2.48. The van der Waals surface area contributed by atoms with Gasteiger partial charge in [0, 0.05) is 5.56 Å². The van der Waals surface area contributed by atoms with E-state index >= 15 is 0 Å². The van der Waals surface area contributed by atoms with Crippen LogP contribution in [-0.2, 0) is 0 Å². The highest BCUT2D eigenvalue weighted by Gasteiger charge is 2.33. The number of carbonyl (C=O) groups excluding carboxylic acids is 1. The minimum absolute atomic E-state index is 0.307. The normalized spacial score (nSPS) is 11.5. The summed E-state index contributed by atoms with van der Waals surface area (Å²) in [6.07, 6.45) is 0. The van der Waals surface area contributed by atoms with Gasteiger partial charge in [0.2, 0.25) is 0 Å². The monoisotopic (exact) mass is 210 g/mol. The predicted octanol–water partition coefficient (Wildman–Crippen LogP) is 3.20. The molecule has 14 heavy (non-hydrogen) atoms. The number of rotatable bonds is 2. The molecular formula is C11H15FOSi. The van der Waals surface area contributed by atoms with E-state index in [0.717, 1.165) is 11.1 Å². The van der Waals surface area contributed by atoms with E-state index in [9.17, 15) is 8.90 Å². The topological polar surface area (TPSA) is 17.1 Å². The number of aryl methyl sites for hydroxylation is 1. The maximum absolute atomic E-state index is 13.6. The van der Waals surface area contributed by atoms with Crippen molar-refractivity contribution in [1.29, 1.82) is 0 Å². The second-order valence-electron chi connectivity index (χ2n) is 4.05. The molecule has 0 atom stereocenters. The van der Waals surface area contributed by atoms with Crippen molar-refractivity contribution in [3.63, 3.8) is 0 Å². The Kier molecular flexibility index (Phi) is 2.90. The van der Waals surface area contributed by atoms with Crippen LogP contribution in [0.1, 0.15) is 21.5 Å². The molecule has 0 heterocycles. The molecule has 0 bridgehead atoms. The molecule has 0 aliphatic carbocycles. The molecule has 1 nitrogen and oxygen atoms in total. The van der Waals surface area contributed by atoms with E-state index < -0.39 is 8.41 Å². The first-order chi connectivity index (χ1) is 6.34. The summed E-state index contributed by atoms with van der Waals surface area (Å²) in [5, 5.41) is -0.307. The third-order valence-corrected chi connectivity index (χ3v) is 3.74. The van der Waals surface area contributed by atoms with Crippen LogP contribution in [0.25, 0.3) is 0 Å². The van der Waals surface area contributed by atoms with E-state index in [2.05, 4.69) is 0 Å². The Morgan fingerprint density at radius 3 is 2.36 bits per heavy atom. The van der Waals surface area contributed by atoms with E-state index in [4.69, 9.17) is 0 Å². The second-order valence-corrected chi connectivity index (χ2v) is 7.45. The molecule has 0 aromatic heterocycles. The van der Waals surface area contributed by atoms with Gasteiger partial charge in [0.15, 0.2) is 5.41 Å². The fraction of sp³-hybridized carbons (Fsp3) is 0.364. The highest BCUT2D eigenvalue weighted by molar-refractivity contribution is 7.01. The van der Waals surface area contributed by atoms with Crippen LogP contribution >= 0.6 is 0 Å². The van der Waals surface area contributed by atoms with Crippen LogP contribution in [0.15, 0.2) is 18.2 Å². The van der Waals surface area contributed by atoms with Gasteiger partial charge in [0.05, 0.1) is 0 Å². The zero-order valence-corrected chi connectivity index (χ0v) is 10.0. The molecule has 0 aliphatic rings. The van der Waals surface area contributed by atoms with Gasteiger partial charge in [0.25, 0.3) is 0 Å². The smallest absolute Gasteiger partial charge is 0.305 e. The van der Waals surface area contributed by atoms with Gasteiger partial charge in [-0.3, -0.25) is 4.79 Å². The molecule has 0 unspecified atom stereocenters. The third kappa shape index (κ3) is 2.10. The average molecular weight is 210 g/mol. The Hall–Kier alpha value is -0.963. The molecule has 0 saturated heterocycles. The van der Waals surface area contributed by atoms with E-state index in [1.165, 1.54) is 13.1 Å². The quantitative estimate of drug-likeness (QED) is 0.541. The van der Waals surface area contributed by atoms with Gasteiger partial charge in [-0.1, -0.05) is 18.2 Å². The van der Waals surface area contributed by atoms with Crippen LogP contribution in [-0.4, -0.2) is 13.8 Å². The molecule has 0 spiro atoms. The molecule has 0 saturated carbocycles. The molecule has 76 valence electrons. The molecule has 1 aromatic rings. The van der Waals surface area contributed by atoms with Crippen molar-refractivity contribution in [3.8, 4) is 0 Å². The number of hydrogen-bond donors (Lipinski definition) is 0. The Bertz CT molecular complexity index is 366. The van der Waals surface area contributed by atoms with Crippen LogP contribution in [0.5, 0.6) is 0 Å². The fourth-order valence-electron chi connectivity index (χ4n) is 1.32. The summed E-state index contributed by atoms with van der Waals surface area (Å²) >= 11 is 0. The van der Waals surface area contributed by atoms with Crippen LogP contribution in [0.2, 0.25) is 13.1 Å². The standard InChI is InChI=1S/C11H15FOSi/c1-8-6-5-7-10(9(8)2)11(13)14(3,4)12/h5-7H,1-4H3. The minimum Gasteiger partial charge on any atom is -0.305 e. The fourth-order valence-corrected chi connectivity index (χ4v) is 2.23. The lowest BCUT2D eigenvalue weighted by molar-refractivity contribution is 0.105. The molecule has 0 radical (unpaired) electrons. The Labute approximate surface area is 85.1 Å². The zero-order chi connectivity index (χ0) is 10.9. The van der Waals surface area contributed by atoms with Crippen molar-refractivity contribution in [1.82, 2.24) is 0 Å². The van der Waals surface area contributed by atoms with E-state index in [1.54, 1.807) is 12.1 Å². The van der Waals surface area contributed by atoms with Gasteiger partial charge in [-0.25, -0.2) is 0 Å². The largest absolute Gasteiger partial charge is 0.316 e. The average Bonchev–Trinajstić information content (AvgIpc) is 2.07. The highest BCUT2D eigenvalue weighted by Crippen LogP contribution is 2.19. The number of carbonyl (C=O) groups is 1. The van der Waals surface area contributed by atoms with E-state index in [0.29, 0.717) is 5.56 Å². The first-order valence-electron chi connectivity index (χ1n) is 4.64. The highest BCUT2D eigenvalue weighted by atomic mass is 28.4. The SMILES string of the molecule is Cc1cccc(C(=O)[Si](C)(C)F)c1C. The number of benzene rings is 1. The lowest BCUT2D eigenvalue weighted by atomic mass is 10.0. The summed E-state index contributed by atoms with van der Waals surface area (Å²) in [7, 11) is -3.19. The van der Waals surface area contributed by atoms with Gasteiger partial charge < -0.3 is 4.11 Å². The first kappa shape index (κ1) is 11.1. The maximum atomic E-state index is 13.6. The summed E-state index contributed by atoms with van der Waals surface area (Å²) in [6.45, 7) is 6.65. The van der Waals surface area contributed by atoms with Crippen molar-refractivity contribution in [2.45, 2.75) is 26.9 Å². The van der Waals surface area contributed by atoms with Gasteiger partial charge >= 0.3 is 8.41 Å². The number of halogens is 1. The van der Waals surface area contributed by atoms with Crippen LogP contribution < -0.4 is 0 Å².